The highest BCUT2D eigenvalue weighted by atomic mass is 19.3. The fourth-order valence-corrected chi connectivity index (χ4v) is 7.51. The van der Waals surface area contributed by atoms with Gasteiger partial charge in [0, 0.05) is 75.7 Å². The van der Waals surface area contributed by atoms with E-state index in [4.69, 9.17) is 9.47 Å². The van der Waals surface area contributed by atoms with Crippen LogP contribution in [0.5, 0.6) is 23.3 Å². The van der Waals surface area contributed by atoms with Gasteiger partial charge in [0.05, 0.1) is 48.7 Å². The Labute approximate surface area is 388 Å². The summed E-state index contributed by atoms with van der Waals surface area (Å²) in [4.78, 5) is 48.6. The third-order valence-corrected chi connectivity index (χ3v) is 11.5. The zero-order valence-electron chi connectivity index (χ0n) is 36.6. The minimum Gasteiger partial charge on any atom is -0.619 e. The number of carbonyl (C=O) groups is 2. The summed E-state index contributed by atoms with van der Waals surface area (Å²) >= 11 is 0. The van der Waals surface area contributed by atoms with Gasteiger partial charge >= 0.3 is 0 Å². The minimum atomic E-state index is -2.98. The second kappa shape index (κ2) is 21.3. The van der Waals surface area contributed by atoms with Crippen LogP contribution in [0.4, 0.5) is 46.8 Å². The number of nitrogens with zero attached hydrogens (tertiary/aromatic N) is 8. The molecule has 15 nitrogen and oxygen atoms in total. The average Bonchev–Trinajstić information content (AvgIpc) is 3.32. The molecular weight excluding hydrogens is 925 g/mol. The van der Waals surface area contributed by atoms with E-state index in [1.54, 1.807) is 35.8 Å². The van der Waals surface area contributed by atoms with Gasteiger partial charge < -0.3 is 25.3 Å². The topological polar surface area (TPSA) is 175 Å². The predicted octanol–water partition coefficient (Wildman–Crippen LogP) is 8.03. The smallest absolute Gasteiger partial charge is 0.257 e. The molecule has 69 heavy (non-hydrogen) atoms. The summed E-state index contributed by atoms with van der Waals surface area (Å²) in [5.41, 5.74) is 0.787. The van der Waals surface area contributed by atoms with Crippen LogP contribution < -0.4 is 24.8 Å². The number of ether oxygens (including phenoxy) is 2. The van der Waals surface area contributed by atoms with Crippen LogP contribution in [0.15, 0.2) is 110 Å². The van der Waals surface area contributed by atoms with Crippen LogP contribution in [0, 0.1) is 28.5 Å². The Balaban J connectivity index is 0.000000204. The van der Waals surface area contributed by atoms with Crippen molar-refractivity contribution in [3.63, 3.8) is 0 Å². The van der Waals surface area contributed by atoms with Crippen LogP contribution in [-0.2, 0) is 9.59 Å². The predicted molar refractivity (Wildman–Crippen MR) is 231 cm³/mol. The summed E-state index contributed by atoms with van der Waals surface area (Å²) in [6.07, 6.45) is 9.18. The molecule has 23 heteroatoms. The molecule has 4 atom stereocenters. The molecule has 0 unspecified atom stereocenters. The second-order valence-corrected chi connectivity index (χ2v) is 16.1. The number of pyridine rings is 2. The maximum absolute atomic E-state index is 14.6. The summed E-state index contributed by atoms with van der Waals surface area (Å²) in [5.74, 6) is -12.7. The zero-order valence-corrected chi connectivity index (χ0v) is 36.6. The summed E-state index contributed by atoms with van der Waals surface area (Å²) in [7, 11) is 0. The molecule has 0 saturated carbocycles. The number of amides is 2. The molecule has 6 aromatic rings. The van der Waals surface area contributed by atoms with E-state index in [1.165, 1.54) is 43.1 Å². The lowest BCUT2D eigenvalue weighted by Gasteiger charge is -2.40. The Morgan fingerprint density at radius 3 is 1.46 bits per heavy atom. The summed E-state index contributed by atoms with van der Waals surface area (Å²) in [5, 5.41) is 16.4. The number of alkyl halides is 4. The van der Waals surface area contributed by atoms with E-state index in [0.29, 0.717) is 28.0 Å². The normalized spacial score (nSPS) is 18.7. The Morgan fingerprint density at radius 2 is 1.07 bits per heavy atom. The minimum absolute atomic E-state index is 0.00723. The van der Waals surface area contributed by atoms with Crippen LogP contribution in [-0.4, -0.2) is 96.6 Å². The molecule has 8 rings (SSSR count). The molecule has 0 bridgehead atoms. The Kier molecular flexibility index (Phi) is 15.3. The first-order valence-electron chi connectivity index (χ1n) is 21.2. The summed E-state index contributed by atoms with van der Waals surface area (Å²) in [6.45, 7) is 3.22. The number of piperidine rings is 2. The van der Waals surface area contributed by atoms with E-state index < -0.39 is 77.3 Å². The quantitative estimate of drug-likeness (QED) is 0.0688. The van der Waals surface area contributed by atoms with Crippen molar-refractivity contribution in [1.82, 2.24) is 34.7 Å². The van der Waals surface area contributed by atoms with E-state index >= 15 is 0 Å². The molecule has 362 valence electrons. The molecule has 0 radical (unpaired) electrons. The molecule has 0 spiro atoms. The zero-order chi connectivity index (χ0) is 49.5. The van der Waals surface area contributed by atoms with Crippen LogP contribution in [0.3, 0.4) is 0 Å². The van der Waals surface area contributed by atoms with Crippen molar-refractivity contribution in [3.8, 4) is 23.3 Å². The number of benzene rings is 2. The molecular formula is C46H42F8N10O5. The third-order valence-electron chi connectivity index (χ3n) is 11.5. The standard InChI is InChI=1S/C23H21F4N5O3.C23H21F4N5O2/c1-14(31-9-6-23(26,27)17(13-31)15-4-7-32(34)8-5-15)22(33)30-20-11-29-21(12-28-20)35-19-3-2-16(24)10-18(19)25;1-14(32-9-6-23(26,27)17(13-32)15-4-7-28-8-5-15)22(33)31-20-11-30-21(12-29-20)34-19-3-2-16(24)10-18(19)25/h2-5,7-8,10-12,14,17H,6,9,13H2,1H3,(H,28,30,33);2-5,7-8,10-12,14,17H,6,9,13H2,1H3,(H,29,31,33)/t2*14-,17+/m00/s1. The van der Waals surface area contributed by atoms with Gasteiger partial charge in [0.25, 0.3) is 11.8 Å². The molecule has 2 amide bonds. The molecule has 4 aromatic heterocycles. The molecule has 2 aliphatic rings. The molecule has 2 N–H and O–H groups in total. The van der Waals surface area contributed by atoms with Gasteiger partial charge in [0.2, 0.25) is 23.6 Å². The average molecular weight is 967 g/mol. The SMILES string of the molecule is C[C@@H](C(=O)Nc1cnc(Oc2ccc(F)cc2F)cn1)N1CCC(F)(F)[C@@H](c2cc[n+]([O-])cc2)C1.C[C@@H](C(=O)Nc1cnc(Oc2ccc(F)cc2F)cn1)N1CCC(F)(F)[C@@H](c2ccncc2)C1. The highest BCUT2D eigenvalue weighted by molar-refractivity contribution is 5.94. The maximum atomic E-state index is 14.6. The largest absolute Gasteiger partial charge is 0.619 e. The molecule has 2 fully saturated rings. The molecule has 0 aliphatic carbocycles. The van der Waals surface area contributed by atoms with Gasteiger partial charge in [-0.1, -0.05) is 0 Å². The highest BCUT2D eigenvalue weighted by Gasteiger charge is 2.47. The van der Waals surface area contributed by atoms with Gasteiger partial charge in [-0.25, -0.2) is 55.1 Å². The number of rotatable bonds is 12. The molecule has 2 aromatic carbocycles. The lowest BCUT2D eigenvalue weighted by molar-refractivity contribution is -0.605. The highest BCUT2D eigenvalue weighted by Crippen LogP contribution is 2.42. The molecule has 6 heterocycles. The summed E-state index contributed by atoms with van der Waals surface area (Å²) in [6, 6.07) is 10.0. The fourth-order valence-electron chi connectivity index (χ4n) is 7.51. The van der Waals surface area contributed by atoms with Gasteiger partial charge in [-0.3, -0.25) is 24.4 Å². The van der Waals surface area contributed by atoms with Crippen molar-refractivity contribution in [2.24, 2.45) is 0 Å². The van der Waals surface area contributed by atoms with E-state index in [2.05, 4.69) is 35.6 Å². The van der Waals surface area contributed by atoms with Crippen LogP contribution in [0.25, 0.3) is 0 Å². The third kappa shape index (κ3) is 12.6. The van der Waals surface area contributed by atoms with Crippen LogP contribution in [0.2, 0.25) is 0 Å². The van der Waals surface area contributed by atoms with Gasteiger partial charge in [-0.2, -0.15) is 4.73 Å². The Morgan fingerprint density at radius 1 is 0.652 bits per heavy atom. The van der Waals surface area contributed by atoms with E-state index in [-0.39, 0.29) is 67.5 Å². The first kappa shape index (κ1) is 49.5. The Hall–Kier alpha value is -7.40. The summed E-state index contributed by atoms with van der Waals surface area (Å²) < 4.78 is 123. The van der Waals surface area contributed by atoms with Crippen molar-refractivity contribution in [2.75, 3.05) is 36.8 Å². The number of likely N-dealkylation sites (tertiary alicyclic amines) is 2. The van der Waals surface area contributed by atoms with Crippen LogP contribution >= 0.6 is 0 Å². The lowest BCUT2D eigenvalue weighted by Crippen LogP contribution is -2.52. The first-order chi connectivity index (χ1) is 32.8. The van der Waals surface area contributed by atoms with Gasteiger partial charge in [0.15, 0.2) is 47.2 Å². The first-order valence-corrected chi connectivity index (χ1v) is 21.2. The van der Waals surface area contributed by atoms with E-state index in [0.717, 1.165) is 42.9 Å². The number of hydrogen-bond donors (Lipinski definition) is 2. The van der Waals surface area contributed by atoms with Crippen molar-refractivity contribution in [1.29, 1.82) is 0 Å². The van der Waals surface area contributed by atoms with Crippen molar-refractivity contribution >= 4 is 23.5 Å². The number of carbonyl (C=O) groups excluding carboxylic acids is 2. The van der Waals surface area contributed by atoms with Crippen molar-refractivity contribution in [3.05, 3.63) is 150 Å². The van der Waals surface area contributed by atoms with E-state index in [9.17, 15) is 49.9 Å². The number of hydrogen-bond acceptors (Lipinski definition) is 12. The fraction of sp³-hybridized carbons (Fsp3) is 0.304. The maximum Gasteiger partial charge on any atom is 0.257 e. The number of halogens is 8. The van der Waals surface area contributed by atoms with Gasteiger partial charge in [0.1, 0.15) is 11.6 Å². The number of aromatic nitrogens is 6. The second-order valence-electron chi connectivity index (χ2n) is 16.1. The monoisotopic (exact) mass is 966 g/mol. The molecule has 2 saturated heterocycles. The number of anilines is 2. The van der Waals surface area contributed by atoms with Crippen molar-refractivity contribution < 1.29 is 58.9 Å². The van der Waals surface area contributed by atoms with E-state index in [1.807, 2.05) is 0 Å². The van der Waals surface area contributed by atoms with Gasteiger partial charge in [-0.15, -0.1) is 0 Å². The van der Waals surface area contributed by atoms with Crippen LogP contribution in [0.1, 0.15) is 49.7 Å². The Bertz CT molecular complexity index is 2710. The van der Waals surface area contributed by atoms with Gasteiger partial charge in [-0.05, 0) is 61.4 Å². The number of nitrogens with one attached hydrogen (secondary N) is 2. The lowest BCUT2D eigenvalue weighted by atomic mass is 9.87. The molecule has 2 aliphatic heterocycles. The van der Waals surface area contributed by atoms with Crippen molar-refractivity contribution in [2.45, 2.75) is 62.5 Å².